The van der Waals surface area contributed by atoms with Gasteiger partial charge in [-0.1, -0.05) is 37.5 Å². The van der Waals surface area contributed by atoms with E-state index in [9.17, 15) is 0 Å². The minimum Gasteiger partial charge on any atom is -0.298 e. The van der Waals surface area contributed by atoms with Crippen molar-refractivity contribution >= 4 is 0 Å². The molecule has 1 heteroatoms. The molecular formula is C11H15N. The van der Waals surface area contributed by atoms with Gasteiger partial charge in [0.25, 0.3) is 0 Å². The van der Waals surface area contributed by atoms with E-state index in [0.29, 0.717) is 0 Å². The Morgan fingerprint density at radius 1 is 1.08 bits per heavy atom. The molecule has 0 radical (unpaired) electrons. The summed E-state index contributed by atoms with van der Waals surface area (Å²) < 4.78 is 0. The van der Waals surface area contributed by atoms with E-state index in [1.807, 2.05) is 12.2 Å². The molecule has 0 bridgehead atoms. The van der Waals surface area contributed by atoms with E-state index in [2.05, 4.69) is 37.3 Å². The first-order chi connectivity index (χ1) is 5.77. The lowest BCUT2D eigenvalue weighted by Crippen LogP contribution is -2.11. The summed E-state index contributed by atoms with van der Waals surface area (Å²) >= 11 is 0. The Morgan fingerprint density at radius 2 is 1.50 bits per heavy atom. The number of rotatable bonds is 2. The monoisotopic (exact) mass is 161 g/mol. The van der Waals surface area contributed by atoms with Crippen LogP contribution in [0.2, 0.25) is 0 Å². The van der Waals surface area contributed by atoms with Crippen molar-refractivity contribution in [2.24, 2.45) is 0 Å². The van der Waals surface area contributed by atoms with Crippen LogP contribution in [0.1, 0.15) is 0 Å². The van der Waals surface area contributed by atoms with Gasteiger partial charge in [0, 0.05) is 13.1 Å². The number of likely N-dealkylation sites (tertiary alicyclic amines) is 1. The second-order valence-corrected chi connectivity index (χ2v) is 3.03. The standard InChI is InChI=1S/C11H15N/c1-4-6-10-8-12(3)9-11(10)7-5-2/h4-7H,1-2,8-9H2,3H3/b10-6-,11-7-. The molecule has 1 aliphatic heterocycles. The average Bonchev–Trinajstić information content (AvgIpc) is 2.33. The summed E-state index contributed by atoms with van der Waals surface area (Å²) in [5.74, 6) is 0. The first kappa shape index (κ1) is 9.01. The molecule has 1 fully saturated rings. The summed E-state index contributed by atoms with van der Waals surface area (Å²) in [5.41, 5.74) is 2.71. The number of hydrogen-bond donors (Lipinski definition) is 0. The van der Waals surface area contributed by atoms with E-state index in [-0.39, 0.29) is 0 Å². The fourth-order valence-electron chi connectivity index (χ4n) is 1.44. The fraction of sp³-hybridized carbons (Fsp3) is 0.273. The Bertz CT molecular complexity index is 220. The Morgan fingerprint density at radius 3 is 1.83 bits per heavy atom. The van der Waals surface area contributed by atoms with Crippen LogP contribution >= 0.6 is 0 Å². The zero-order chi connectivity index (χ0) is 8.97. The van der Waals surface area contributed by atoms with E-state index in [1.165, 1.54) is 11.1 Å². The van der Waals surface area contributed by atoms with Crippen LogP contribution in [-0.2, 0) is 0 Å². The molecule has 1 heterocycles. The molecular weight excluding hydrogens is 146 g/mol. The molecule has 1 rings (SSSR count). The van der Waals surface area contributed by atoms with Gasteiger partial charge in [0.1, 0.15) is 0 Å². The van der Waals surface area contributed by atoms with E-state index < -0.39 is 0 Å². The predicted molar refractivity (Wildman–Crippen MR) is 54.1 cm³/mol. The summed E-state index contributed by atoms with van der Waals surface area (Å²) in [6.45, 7) is 9.43. The van der Waals surface area contributed by atoms with Crippen LogP contribution in [-0.4, -0.2) is 25.0 Å². The van der Waals surface area contributed by atoms with Gasteiger partial charge < -0.3 is 0 Å². The van der Waals surface area contributed by atoms with Gasteiger partial charge in [-0.15, -0.1) is 0 Å². The van der Waals surface area contributed by atoms with Crippen LogP contribution in [0.25, 0.3) is 0 Å². The maximum absolute atomic E-state index is 3.70. The molecule has 0 saturated carbocycles. The lowest BCUT2D eigenvalue weighted by Gasteiger charge is -2.01. The van der Waals surface area contributed by atoms with E-state index >= 15 is 0 Å². The lowest BCUT2D eigenvalue weighted by molar-refractivity contribution is 0.437. The van der Waals surface area contributed by atoms with Crippen molar-refractivity contribution in [1.82, 2.24) is 4.90 Å². The smallest absolute Gasteiger partial charge is 0.0237 e. The molecule has 0 amide bonds. The van der Waals surface area contributed by atoms with Crippen LogP contribution in [0.15, 0.2) is 48.6 Å². The van der Waals surface area contributed by atoms with Gasteiger partial charge in [0.2, 0.25) is 0 Å². The van der Waals surface area contributed by atoms with Gasteiger partial charge in [-0.2, -0.15) is 0 Å². The third-order valence-electron chi connectivity index (χ3n) is 1.93. The molecule has 0 aromatic carbocycles. The Balaban J connectivity index is 2.86. The van der Waals surface area contributed by atoms with Crippen LogP contribution in [0.3, 0.4) is 0 Å². The summed E-state index contributed by atoms with van der Waals surface area (Å²) in [6, 6.07) is 0. The summed E-state index contributed by atoms with van der Waals surface area (Å²) in [4.78, 5) is 2.27. The van der Waals surface area contributed by atoms with Gasteiger partial charge >= 0.3 is 0 Å². The Labute approximate surface area is 74.4 Å². The van der Waals surface area contributed by atoms with Crippen LogP contribution in [0, 0.1) is 0 Å². The zero-order valence-electron chi connectivity index (χ0n) is 7.59. The molecule has 0 atom stereocenters. The maximum Gasteiger partial charge on any atom is 0.0237 e. The van der Waals surface area contributed by atoms with Gasteiger partial charge in [0.05, 0.1) is 0 Å². The van der Waals surface area contributed by atoms with Crippen molar-refractivity contribution in [3.63, 3.8) is 0 Å². The van der Waals surface area contributed by atoms with Gasteiger partial charge in [-0.25, -0.2) is 0 Å². The van der Waals surface area contributed by atoms with Crippen molar-refractivity contribution in [2.45, 2.75) is 0 Å². The molecule has 1 nitrogen and oxygen atoms in total. The highest BCUT2D eigenvalue weighted by Crippen LogP contribution is 2.20. The molecule has 12 heavy (non-hydrogen) atoms. The number of hydrogen-bond acceptors (Lipinski definition) is 1. The highest BCUT2D eigenvalue weighted by atomic mass is 15.1. The molecule has 0 aromatic heterocycles. The number of likely N-dealkylation sites (N-methyl/N-ethyl adjacent to an activating group) is 1. The normalized spacial score (nSPS) is 25.1. The molecule has 0 N–H and O–H groups in total. The number of nitrogens with zero attached hydrogens (tertiary/aromatic N) is 1. The fourth-order valence-corrected chi connectivity index (χ4v) is 1.44. The van der Waals surface area contributed by atoms with Crippen LogP contribution in [0.5, 0.6) is 0 Å². The molecule has 1 saturated heterocycles. The summed E-state index contributed by atoms with van der Waals surface area (Å²) in [6.07, 6.45) is 7.81. The molecule has 0 aromatic rings. The van der Waals surface area contributed by atoms with Gasteiger partial charge in [-0.3, -0.25) is 4.90 Å². The van der Waals surface area contributed by atoms with Crippen LogP contribution in [0.4, 0.5) is 0 Å². The third kappa shape index (κ3) is 1.95. The second-order valence-electron chi connectivity index (χ2n) is 3.03. The molecule has 1 aliphatic rings. The van der Waals surface area contributed by atoms with Gasteiger partial charge in [0.15, 0.2) is 0 Å². The minimum absolute atomic E-state index is 1.02. The van der Waals surface area contributed by atoms with Crippen molar-refractivity contribution in [3.05, 3.63) is 48.6 Å². The lowest BCUT2D eigenvalue weighted by atomic mass is 10.1. The zero-order valence-corrected chi connectivity index (χ0v) is 7.59. The highest BCUT2D eigenvalue weighted by Gasteiger charge is 2.16. The van der Waals surface area contributed by atoms with E-state index in [4.69, 9.17) is 0 Å². The minimum atomic E-state index is 1.02. The molecule has 0 aliphatic carbocycles. The van der Waals surface area contributed by atoms with Crippen molar-refractivity contribution in [3.8, 4) is 0 Å². The van der Waals surface area contributed by atoms with Crippen LogP contribution < -0.4 is 0 Å². The second kappa shape index (κ2) is 4.07. The number of allylic oxidation sites excluding steroid dienone is 4. The van der Waals surface area contributed by atoms with Crippen molar-refractivity contribution < 1.29 is 0 Å². The third-order valence-corrected chi connectivity index (χ3v) is 1.93. The molecule has 64 valence electrons. The first-order valence-electron chi connectivity index (χ1n) is 4.10. The largest absolute Gasteiger partial charge is 0.298 e. The van der Waals surface area contributed by atoms with E-state index in [0.717, 1.165) is 13.1 Å². The maximum atomic E-state index is 3.70. The SMILES string of the molecule is C=C/C=C1/CN(C)C/C1=C/C=C. The predicted octanol–water partition coefficient (Wildman–Crippen LogP) is 2.16. The average molecular weight is 161 g/mol. The summed E-state index contributed by atoms with van der Waals surface area (Å²) in [5, 5.41) is 0. The summed E-state index contributed by atoms with van der Waals surface area (Å²) in [7, 11) is 2.11. The molecule has 0 unspecified atom stereocenters. The van der Waals surface area contributed by atoms with Gasteiger partial charge in [-0.05, 0) is 18.2 Å². The first-order valence-corrected chi connectivity index (χ1v) is 4.10. The highest BCUT2D eigenvalue weighted by molar-refractivity contribution is 5.41. The quantitative estimate of drug-likeness (QED) is 0.600. The topological polar surface area (TPSA) is 3.24 Å². The van der Waals surface area contributed by atoms with Crippen molar-refractivity contribution in [1.29, 1.82) is 0 Å². The van der Waals surface area contributed by atoms with Crippen molar-refractivity contribution in [2.75, 3.05) is 20.1 Å². The molecule has 0 spiro atoms. The Hall–Kier alpha value is -1.08. The Kier molecular flexibility index (Phi) is 3.06. The van der Waals surface area contributed by atoms with E-state index in [1.54, 1.807) is 0 Å².